The lowest BCUT2D eigenvalue weighted by atomic mass is 10.1. The third kappa shape index (κ3) is 4.99. The monoisotopic (exact) mass is 219 g/mol. The lowest BCUT2D eigenvalue weighted by molar-refractivity contribution is -0.138. The maximum atomic E-state index is 11.4. The number of carbonyl (C=O) groups is 1. The van der Waals surface area contributed by atoms with E-state index < -0.39 is 17.7 Å². The first-order valence-corrected chi connectivity index (χ1v) is 5.01. The van der Waals surface area contributed by atoms with Gasteiger partial charge in [0.15, 0.2) is 0 Å². The quantitative estimate of drug-likeness (QED) is 0.559. The van der Waals surface area contributed by atoms with Crippen LogP contribution in [0.15, 0.2) is 0 Å². The summed E-state index contributed by atoms with van der Waals surface area (Å²) in [6, 6.07) is -0.639. The van der Waals surface area contributed by atoms with Gasteiger partial charge in [-0.1, -0.05) is 13.8 Å². The van der Waals surface area contributed by atoms with Crippen molar-refractivity contribution in [1.82, 2.24) is 5.06 Å². The highest BCUT2D eigenvalue weighted by Gasteiger charge is 2.28. The Kier molecular flexibility index (Phi) is 5.03. The van der Waals surface area contributed by atoms with E-state index in [-0.39, 0.29) is 12.5 Å². The van der Waals surface area contributed by atoms with Crippen LogP contribution in [-0.2, 0) is 4.74 Å². The smallest absolute Gasteiger partial charge is 0.434 e. The van der Waals surface area contributed by atoms with Crippen LogP contribution in [0.1, 0.15) is 34.6 Å². The van der Waals surface area contributed by atoms with E-state index in [1.54, 1.807) is 34.6 Å². The zero-order chi connectivity index (χ0) is 12.2. The number of hydroxylamine groups is 2. The zero-order valence-electron chi connectivity index (χ0n) is 10.0. The van der Waals surface area contributed by atoms with E-state index in [4.69, 9.17) is 9.84 Å². The first-order valence-electron chi connectivity index (χ1n) is 5.01. The van der Waals surface area contributed by atoms with Gasteiger partial charge in [-0.15, -0.1) is 0 Å². The molecule has 5 heteroatoms. The number of rotatable bonds is 3. The third-order valence-corrected chi connectivity index (χ3v) is 1.85. The zero-order valence-corrected chi connectivity index (χ0v) is 10.0. The van der Waals surface area contributed by atoms with Crippen molar-refractivity contribution in [3.8, 4) is 0 Å². The van der Waals surface area contributed by atoms with Crippen molar-refractivity contribution < 1.29 is 19.8 Å². The molecule has 0 bridgehead atoms. The maximum Gasteiger partial charge on any atom is 0.434 e. The molecule has 0 unspecified atom stereocenters. The lowest BCUT2D eigenvalue weighted by Gasteiger charge is -2.29. The molecule has 1 atom stereocenters. The summed E-state index contributed by atoms with van der Waals surface area (Å²) in [5.41, 5.74) is -0.658. The normalized spacial score (nSPS) is 13.9. The summed E-state index contributed by atoms with van der Waals surface area (Å²) in [6.07, 6.45) is -0.838. The molecule has 0 aromatic rings. The molecule has 0 aromatic carbocycles. The molecule has 0 spiro atoms. The second-order valence-electron chi connectivity index (χ2n) is 4.82. The first-order chi connectivity index (χ1) is 6.69. The number of aliphatic hydroxyl groups is 1. The molecule has 15 heavy (non-hydrogen) atoms. The van der Waals surface area contributed by atoms with Crippen molar-refractivity contribution in [1.29, 1.82) is 0 Å². The van der Waals surface area contributed by atoms with Gasteiger partial charge < -0.3 is 9.84 Å². The summed E-state index contributed by atoms with van der Waals surface area (Å²) in [5, 5.41) is 19.0. The minimum atomic E-state index is -0.838. The number of hydrogen-bond acceptors (Lipinski definition) is 4. The number of carbonyl (C=O) groups excluding carboxylic acids is 1. The van der Waals surface area contributed by atoms with E-state index in [1.165, 1.54) is 0 Å². The van der Waals surface area contributed by atoms with Gasteiger partial charge in [0, 0.05) is 0 Å². The molecule has 0 heterocycles. The van der Waals surface area contributed by atoms with Crippen LogP contribution in [0, 0.1) is 5.92 Å². The molecule has 0 aliphatic carbocycles. The standard InChI is InChI=1S/C10H21NO4/c1-7(2)8(6-12)11(14)9(13)15-10(3,4)5/h7-8,12,14H,6H2,1-5H3/t8-/m0/s1. The molecule has 0 aliphatic heterocycles. The van der Waals surface area contributed by atoms with Gasteiger partial charge in [-0.2, -0.15) is 5.06 Å². The molecule has 0 fully saturated rings. The van der Waals surface area contributed by atoms with Gasteiger partial charge in [-0.3, -0.25) is 5.21 Å². The largest absolute Gasteiger partial charge is 0.442 e. The molecule has 0 aromatic heterocycles. The van der Waals surface area contributed by atoms with E-state index in [9.17, 15) is 10.0 Å². The molecule has 0 saturated carbocycles. The van der Waals surface area contributed by atoms with Crippen LogP contribution in [0.4, 0.5) is 4.79 Å². The Morgan fingerprint density at radius 3 is 2.13 bits per heavy atom. The second-order valence-corrected chi connectivity index (χ2v) is 4.82. The third-order valence-electron chi connectivity index (χ3n) is 1.85. The first kappa shape index (κ1) is 14.2. The van der Waals surface area contributed by atoms with Gasteiger partial charge in [0.25, 0.3) is 0 Å². The van der Waals surface area contributed by atoms with Crippen molar-refractivity contribution in [2.75, 3.05) is 6.61 Å². The summed E-state index contributed by atoms with van der Waals surface area (Å²) >= 11 is 0. The summed E-state index contributed by atoms with van der Waals surface area (Å²) < 4.78 is 4.96. The Balaban J connectivity index is 4.42. The van der Waals surface area contributed by atoms with Gasteiger partial charge in [-0.25, -0.2) is 4.79 Å². The fourth-order valence-electron chi connectivity index (χ4n) is 1.01. The molecule has 90 valence electrons. The number of hydrogen-bond donors (Lipinski definition) is 2. The van der Waals surface area contributed by atoms with Crippen LogP contribution < -0.4 is 0 Å². The molecule has 5 nitrogen and oxygen atoms in total. The maximum absolute atomic E-state index is 11.4. The molecule has 0 rings (SSSR count). The summed E-state index contributed by atoms with van der Waals surface area (Å²) in [7, 11) is 0. The van der Waals surface area contributed by atoms with Crippen LogP contribution in [0.3, 0.4) is 0 Å². The van der Waals surface area contributed by atoms with Crippen LogP contribution in [0.2, 0.25) is 0 Å². The van der Waals surface area contributed by atoms with E-state index in [1.807, 2.05) is 0 Å². The Labute approximate surface area is 90.6 Å². The van der Waals surface area contributed by atoms with Gasteiger partial charge in [0.1, 0.15) is 5.60 Å². The van der Waals surface area contributed by atoms with Crippen molar-refractivity contribution >= 4 is 6.09 Å². The van der Waals surface area contributed by atoms with Crippen molar-refractivity contribution in [3.63, 3.8) is 0 Å². The van der Waals surface area contributed by atoms with E-state index in [2.05, 4.69) is 0 Å². The Hall–Kier alpha value is -0.810. The predicted octanol–water partition coefficient (Wildman–Crippen LogP) is 1.63. The Morgan fingerprint density at radius 2 is 1.87 bits per heavy atom. The highest BCUT2D eigenvalue weighted by Crippen LogP contribution is 2.14. The Bertz CT molecular complexity index is 210. The van der Waals surface area contributed by atoms with Crippen LogP contribution in [-0.4, -0.2) is 39.7 Å². The number of aliphatic hydroxyl groups excluding tert-OH is 1. The number of nitrogens with zero attached hydrogens (tertiary/aromatic N) is 1. The minimum absolute atomic E-state index is 0.0486. The molecule has 0 radical (unpaired) electrons. The van der Waals surface area contributed by atoms with Crippen molar-refractivity contribution in [2.45, 2.75) is 46.3 Å². The van der Waals surface area contributed by atoms with Crippen molar-refractivity contribution in [3.05, 3.63) is 0 Å². The summed E-state index contributed by atoms with van der Waals surface area (Å²) in [6.45, 7) is 8.43. The lowest BCUT2D eigenvalue weighted by Crippen LogP contribution is -2.45. The van der Waals surface area contributed by atoms with Gasteiger partial charge in [0.2, 0.25) is 0 Å². The summed E-state index contributed by atoms with van der Waals surface area (Å²) in [4.78, 5) is 11.4. The minimum Gasteiger partial charge on any atom is -0.442 e. The topological polar surface area (TPSA) is 70.0 Å². The SMILES string of the molecule is CC(C)[C@H](CO)N(O)C(=O)OC(C)(C)C. The van der Waals surface area contributed by atoms with Crippen LogP contribution >= 0.6 is 0 Å². The van der Waals surface area contributed by atoms with E-state index in [0.29, 0.717) is 5.06 Å². The molecule has 2 N–H and O–H groups in total. The average Bonchev–Trinajstić information content (AvgIpc) is 2.01. The highest BCUT2D eigenvalue weighted by molar-refractivity contribution is 5.67. The Morgan fingerprint density at radius 1 is 1.40 bits per heavy atom. The fourth-order valence-corrected chi connectivity index (χ4v) is 1.01. The number of ether oxygens (including phenoxy) is 1. The summed E-state index contributed by atoms with van der Waals surface area (Å²) in [5.74, 6) is -0.0486. The van der Waals surface area contributed by atoms with Gasteiger partial charge >= 0.3 is 6.09 Å². The van der Waals surface area contributed by atoms with Crippen molar-refractivity contribution in [2.24, 2.45) is 5.92 Å². The van der Waals surface area contributed by atoms with E-state index >= 15 is 0 Å². The van der Waals surface area contributed by atoms with Crippen LogP contribution in [0.25, 0.3) is 0 Å². The van der Waals surface area contributed by atoms with Gasteiger partial charge in [0.05, 0.1) is 12.6 Å². The molecular formula is C10H21NO4. The molecule has 0 saturated heterocycles. The predicted molar refractivity (Wildman–Crippen MR) is 55.6 cm³/mol. The highest BCUT2D eigenvalue weighted by atomic mass is 16.6. The number of amides is 1. The average molecular weight is 219 g/mol. The van der Waals surface area contributed by atoms with Gasteiger partial charge in [-0.05, 0) is 26.7 Å². The van der Waals surface area contributed by atoms with Crippen LogP contribution in [0.5, 0.6) is 0 Å². The molecule has 1 amide bonds. The molecular weight excluding hydrogens is 198 g/mol. The molecule has 0 aliphatic rings. The second kappa shape index (κ2) is 5.32. The fraction of sp³-hybridized carbons (Fsp3) is 0.900. The van der Waals surface area contributed by atoms with E-state index in [0.717, 1.165) is 0 Å².